The van der Waals surface area contributed by atoms with E-state index in [1.807, 2.05) is 0 Å². The van der Waals surface area contributed by atoms with E-state index < -0.39 is 12.0 Å². The number of hydrogen-bond acceptors (Lipinski definition) is 3. The minimum absolute atomic E-state index is 0.114. The number of ether oxygens (including phenoxy) is 1. The SMILES string of the molecule is O=C(O)C1CCCCN1C(=O)NC1CCOCC1. The fraction of sp³-hybridized carbons (Fsp3) is 0.833. The van der Waals surface area contributed by atoms with Gasteiger partial charge in [0.2, 0.25) is 0 Å². The van der Waals surface area contributed by atoms with Crippen molar-refractivity contribution in [2.24, 2.45) is 0 Å². The van der Waals surface area contributed by atoms with Crippen LogP contribution in [0.4, 0.5) is 4.79 Å². The summed E-state index contributed by atoms with van der Waals surface area (Å²) in [7, 11) is 0. The van der Waals surface area contributed by atoms with Gasteiger partial charge in [0.25, 0.3) is 0 Å². The number of aliphatic carboxylic acids is 1. The van der Waals surface area contributed by atoms with E-state index in [0.29, 0.717) is 26.2 Å². The van der Waals surface area contributed by atoms with E-state index in [-0.39, 0.29) is 12.1 Å². The molecule has 2 N–H and O–H groups in total. The van der Waals surface area contributed by atoms with Gasteiger partial charge in [-0.05, 0) is 32.1 Å². The topological polar surface area (TPSA) is 78.9 Å². The fourth-order valence-electron chi connectivity index (χ4n) is 2.53. The molecule has 0 aromatic carbocycles. The Bertz CT molecular complexity index is 315. The number of likely N-dealkylation sites (tertiary alicyclic amines) is 1. The second kappa shape index (κ2) is 6.04. The Morgan fingerprint density at radius 3 is 2.56 bits per heavy atom. The molecular weight excluding hydrogens is 236 g/mol. The molecule has 6 nitrogen and oxygen atoms in total. The predicted molar refractivity (Wildman–Crippen MR) is 64.4 cm³/mol. The zero-order valence-electron chi connectivity index (χ0n) is 10.4. The van der Waals surface area contributed by atoms with Crippen LogP contribution < -0.4 is 5.32 Å². The molecule has 2 aliphatic heterocycles. The van der Waals surface area contributed by atoms with E-state index in [1.165, 1.54) is 4.90 Å². The first-order chi connectivity index (χ1) is 8.68. The number of piperidine rings is 1. The van der Waals surface area contributed by atoms with Gasteiger partial charge in [-0.3, -0.25) is 0 Å². The summed E-state index contributed by atoms with van der Waals surface area (Å²) >= 11 is 0. The Morgan fingerprint density at radius 2 is 1.89 bits per heavy atom. The van der Waals surface area contributed by atoms with Gasteiger partial charge in [0.05, 0.1) is 0 Å². The highest BCUT2D eigenvalue weighted by molar-refractivity contribution is 5.83. The van der Waals surface area contributed by atoms with Crippen molar-refractivity contribution in [2.75, 3.05) is 19.8 Å². The van der Waals surface area contributed by atoms with Crippen molar-refractivity contribution in [3.8, 4) is 0 Å². The first-order valence-electron chi connectivity index (χ1n) is 6.56. The Morgan fingerprint density at radius 1 is 1.17 bits per heavy atom. The van der Waals surface area contributed by atoms with Crippen molar-refractivity contribution in [3.63, 3.8) is 0 Å². The number of carboxylic acid groups (broad SMARTS) is 1. The summed E-state index contributed by atoms with van der Waals surface area (Å²) in [5.41, 5.74) is 0. The Hall–Kier alpha value is -1.30. The van der Waals surface area contributed by atoms with Gasteiger partial charge in [0, 0.05) is 25.8 Å². The molecule has 1 atom stereocenters. The average molecular weight is 256 g/mol. The lowest BCUT2D eigenvalue weighted by Crippen LogP contribution is -2.54. The van der Waals surface area contributed by atoms with Crippen LogP contribution >= 0.6 is 0 Å². The maximum atomic E-state index is 12.1. The number of hydrogen-bond donors (Lipinski definition) is 2. The zero-order chi connectivity index (χ0) is 13.0. The van der Waals surface area contributed by atoms with E-state index in [1.54, 1.807) is 0 Å². The van der Waals surface area contributed by atoms with Crippen LogP contribution in [0.3, 0.4) is 0 Å². The van der Waals surface area contributed by atoms with Crippen LogP contribution in [0.15, 0.2) is 0 Å². The molecule has 6 heteroatoms. The predicted octanol–water partition coefficient (Wildman–Crippen LogP) is 0.814. The minimum Gasteiger partial charge on any atom is -0.480 e. The lowest BCUT2D eigenvalue weighted by Gasteiger charge is -2.34. The number of nitrogens with zero attached hydrogens (tertiary/aromatic N) is 1. The molecule has 2 rings (SSSR count). The quantitative estimate of drug-likeness (QED) is 0.766. The molecule has 1 unspecified atom stereocenters. The minimum atomic E-state index is -0.906. The monoisotopic (exact) mass is 256 g/mol. The van der Waals surface area contributed by atoms with Crippen LogP contribution in [-0.2, 0) is 9.53 Å². The van der Waals surface area contributed by atoms with E-state index >= 15 is 0 Å². The third kappa shape index (κ3) is 3.13. The second-order valence-electron chi connectivity index (χ2n) is 4.88. The van der Waals surface area contributed by atoms with E-state index in [4.69, 9.17) is 9.84 Å². The number of carbonyl (C=O) groups is 2. The van der Waals surface area contributed by atoms with Gasteiger partial charge in [0.15, 0.2) is 0 Å². The average Bonchev–Trinajstić information content (AvgIpc) is 2.40. The van der Waals surface area contributed by atoms with Crippen LogP contribution in [-0.4, -0.2) is 53.8 Å². The molecule has 0 aromatic rings. The van der Waals surface area contributed by atoms with Crippen molar-refractivity contribution in [2.45, 2.75) is 44.2 Å². The van der Waals surface area contributed by atoms with Gasteiger partial charge >= 0.3 is 12.0 Å². The zero-order valence-corrected chi connectivity index (χ0v) is 10.4. The highest BCUT2D eigenvalue weighted by Gasteiger charge is 2.32. The fourth-order valence-corrected chi connectivity index (χ4v) is 2.53. The molecule has 0 saturated carbocycles. The first-order valence-corrected chi connectivity index (χ1v) is 6.56. The van der Waals surface area contributed by atoms with Gasteiger partial charge in [-0.25, -0.2) is 9.59 Å². The van der Waals surface area contributed by atoms with Gasteiger partial charge < -0.3 is 20.1 Å². The standard InChI is InChI=1S/C12H20N2O4/c15-11(16)10-3-1-2-6-14(10)12(17)13-9-4-7-18-8-5-9/h9-10H,1-8H2,(H,13,17)(H,15,16). The van der Waals surface area contributed by atoms with Crippen molar-refractivity contribution >= 4 is 12.0 Å². The molecule has 0 aromatic heterocycles. The smallest absolute Gasteiger partial charge is 0.326 e. The molecule has 2 aliphatic rings. The second-order valence-corrected chi connectivity index (χ2v) is 4.88. The summed E-state index contributed by atoms with van der Waals surface area (Å²) in [6.45, 7) is 1.85. The maximum Gasteiger partial charge on any atom is 0.326 e. The Balaban J connectivity index is 1.91. The number of carbonyl (C=O) groups excluding carboxylic acids is 1. The van der Waals surface area contributed by atoms with Gasteiger partial charge in [-0.15, -0.1) is 0 Å². The normalized spacial score (nSPS) is 25.8. The van der Waals surface area contributed by atoms with Crippen LogP contribution in [0.5, 0.6) is 0 Å². The van der Waals surface area contributed by atoms with Crippen LogP contribution in [0.1, 0.15) is 32.1 Å². The highest BCUT2D eigenvalue weighted by Crippen LogP contribution is 2.18. The maximum absolute atomic E-state index is 12.1. The van der Waals surface area contributed by atoms with E-state index in [9.17, 15) is 9.59 Å². The first kappa shape index (κ1) is 13.1. The number of rotatable bonds is 2. The molecule has 18 heavy (non-hydrogen) atoms. The molecule has 0 bridgehead atoms. The summed E-state index contributed by atoms with van der Waals surface area (Å²) in [5.74, 6) is -0.906. The number of carboxylic acids is 1. The summed E-state index contributed by atoms with van der Waals surface area (Å²) < 4.78 is 5.23. The third-order valence-corrected chi connectivity index (χ3v) is 3.60. The van der Waals surface area contributed by atoms with Crippen molar-refractivity contribution < 1.29 is 19.4 Å². The van der Waals surface area contributed by atoms with Crippen molar-refractivity contribution in [3.05, 3.63) is 0 Å². The summed E-state index contributed by atoms with van der Waals surface area (Å²) in [5, 5.41) is 12.0. The summed E-state index contributed by atoms with van der Waals surface area (Å²) in [6.07, 6.45) is 3.91. The highest BCUT2D eigenvalue weighted by atomic mass is 16.5. The largest absolute Gasteiger partial charge is 0.480 e. The lowest BCUT2D eigenvalue weighted by molar-refractivity contribution is -0.143. The van der Waals surface area contributed by atoms with Crippen LogP contribution in [0.25, 0.3) is 0 Å². The van der Waals surface area contributed by atoms with E-state index in [0.717, 1.165) is 25.7 Å². The molecule has 2 heterocycles. The lowest BCUT2D eigenvalue weighted by atomic mass is 10.0. The van der Waals surface area contributed by atoms with Crippen molar-refractivity contribution in [1.29, 1.82) is 0 Å². The van der Waals surface area contributed by atoms with Crippen molar-refractivity contribution in [1.82, 2.24) is 10.2 Å². The molecular formula is C12H20N2O4. The molecule has 2 saturated heterocycles. The molecule has 2 amide bonds. The molecule has 0 radical (unpaired) electrons. The van der Waals surface area contributed by atoms with E-state index in [2.05, 4.69) is 5.32 Å². The van der Waals surface area contributed by atoms with Gasteiger partial charge in [-0.1, -0.05) is 0 Å². The third-order valence-electron chi connectivity index (χ3n) is 3.60. The number of nitrogens with one attached hydrogen (secondary N) is 1. The molecule has 102 valence electrons. The Labute approximate surface area is 106 Å². The molecule has 0 aliphatic carbocycles. The van der Waals surface area contributed by atoms with Crippen LogP contribution in [0.2, 0.25) is 0 Å². The summed E-state index contributed by atoms with van der Waals surface area (Å²) in [6, 6.07) is -0.796. The number of urea groups is 1. The summed E-state index contributed by atoms with van der Waals surface area (Å²) in [4.78, 5) is 24.7. The van der Waals surface area contributed by atoms with Crippen LogP contribution in [0, 0.1) is 0 Å². The molecule has 2 fully saturated rings. The number of amides is 2. The van der Waals surface area contributed by atoms with Gasteiger partial charge in [-0.2, -0.15) is 0 Å². The molecule has 0 spiro atoms. The van der Waals surface area contributed by atoms with Gasteiger partial charge in [0.1, 0.15) is 6.04 Å². The Kier molecular flexibility index (Phi) is 4.41.